The van der Waals surface area contributed by atoms with E-state index in [-0.39, 0.29) is 12.1 Å². The van der Waals surface area contributed by atoms with Crippen LogP contribution < -0.4 is 5.32 Å². The summed E-state index contributed by atoms with van der Waals surface area (Å²) in [6, 6.07) is 0.473. The zero-order chi connectivity index (χ0) is 13.4. The van der Waals surface area contributed by atoms with Gasteiger partial charge in [-0.05, 0) is 33.0 Å². The Morgan fingerprint density at radius 3 is 2.89 bits per heavy atom. The maximum absolute atomic E-state index is 5.49. The number of nitrogens with one attached hydrogen (secondary N) is 1. The monoisotopic (exact) mass is 265 g/mol. The molecule has 3 rings (SSSR count). The summed E-state index contributed by atoms with van der Waals surface area (Å²) in [7, 11) is 4.27. The van der Waals surface area contributed by atoms with Crippen LogP contribution in [0, 0.1) is 5.92 Å². The highest BCUT2D eigenvalue weighted by molar-refractivity contribution is 5.02. The number of likely N-dealkylation sites (N-methyl/N-ethyl adjacent to an activating group) is 2. The molecule has 3 heterocycles. The third kappa shape index (κ3) is 2.52. The first kappa shape index (κ1) is 13.0. The molecule has 0 spiro atoms. The average Bonchev–Trinajstić information content (AvgIpc) is 3.00. The Morgan fingerprint density at radius 1 is 1.32 bits per heavy atom. The maximum atomic E-state index is 5.49. The van der Waals surface area contributed by atoms with Gasteiger partial charge in [0, 0.05) is 19.6 Å². The SMILES string of the molecule is CC1CCNC1c1nc(C2CN(C)CCN2C)no1. The quantitative estimate of drug-likeness (QED) is 0.847. The van der Waals surface area contributed by atoms with E-state index in [1.54, 1.807) is 0 Å². The third-order valence-corrected chi connectivity index (χ3v) is 4.41. The van der Waals surface area contributed by atoms with Crippen LogP contribution in [0.25, 0.3) is 0 Å². The Hall–Kier alpha value is -0.980. The molecule has 1 aromatic heterocycles. The predicted octanol–water partition coefficient (Wildman–Crippen LogP) is 0.658. The molecule has 2 aliphatic heterocycles. The molecule has 0 bridgehead atoms. The van der Waals surface area contributed by atoms with Gasteiger partial charge in [-0.1, -0.05) is 12.1 Å². The van der Waals surface area contributed by atoms with Gasteiger partial charge in [-0.2, -0.15) is 4.98 Å². The van der Waals surface area contributed by atoms with Crippen molar-refractivity contribution in [2.45, 2.75) is 25.4 Å². The summed E-state index contributed by atoms with van der Waals surface area (Å²) in [5.41, 5.74) is 0. The highest BCUT2D eigenvalue weighted by Crippen LogP contribution is 2.29. The van der Waals surface area contributed by atoms with Crippen LogP contribution >= 0.6 is 0 Å². The lowest BCUT2D eigenvalue weighted by Crippen LogP contribution is -2.45. The second-order valence-electron chi connectivity index (χ2n) is 5.95. The Bertz CT molecular complexity index is 434. The van der Waals surface area contributed by atoms with E-state index in [4.69, 9.17) is 4.52 Å². The summed E-state index contributed by atoms with van der Waals surface area (Å²) in [6.07, 6.45) is 1.18. The topological polar surface area (TPSA) is 57.4 Å². The van der Waals surface area contributed by atoms with E-state index in [1.807, 2.05) is 0 Å². The average molecular weight is 265 g/mol. The van der Waals surface area contributed by atoms with Crippen LogP contribution in [-0.2, 0) is 0 Å². The minimum absolute atomic E-state index is 0.230. The van der Waals surface area contributed by atoms with Crippen LogP contribution in [0.5, 0.6) is 0 Å². The lowest BCUT2D eigenvalue weighted by molar-refractivity contribution is 0.108. The van der Waals surface area contributed by atoms with Gasteiger partial charge in [0.15, 0.2) is 5.82 Å². The van der Waals surface area contributed by atoms with Gasteiger partial charge in [-0.25, -0.2) is 0 Å². The van der Waals surface area contributed by atoms with Crippen molar-refractivity contribution in [1.82, 2.24) is 25.3 Å². The van der Waals surface area contributed by atoms with E-state index in [9.17, 15) is 0 Å². The van der Waals surface area contributed by atoms with Gasteiger partial charge in [0.25, 0.3) is 0 Å². The predicted molar refractivity (Wildman–Crippen MR) is 71.7 cm³/mol. The fourth-order valence-corrected chi connectivity index (χ4v) is 2.96. The van der Waals surface area contributed by atoms with E-state index in [0.29, 0.717) is 5.92 Å². The van der Waals surface area contributed by atoms with E-state index in [0.717, 1.165) is 37.9 Å². The van der Waals surface area contributed by atoms with E-state index in [1.165, 1.54) is 6.42 Å². The minimum Gasteiger partial charge on any atom is -0.338 e. The molecule has 0 saturated carbocycles. The summed E-state index contributed by atoms with van der Waals surface area (Å²) in [6.45, 7) is 6.37. The van der Waals surface area contributed by atoms with Crippen LogP contribution in [0.3, 0.4) is 0 Å². The van der Waals surface area contributed by atoms with Gasteiger partial charge in [0.1, 0.15) is 0 Å². The summed E-state index contributed by atoms with van der Waals surface area (Å²) >= 11 is 0. The first-order valence-electron chi connectivity index (χ1n) is 7.11. The first-order valence-corrected chi connectivity index (χ1v) is 7.11. The first-order chi connectivity index (χ1) is 9.15. The number of hydrogen-bond acceptors (Lipinski definition) is 6. The lowest BCUT2D eigenvalue weighted by Gasteiger charge is -2.35. The second-order valence-corrected chi connectivity index (χ2v) is 5.95. The fraction of sp³-hybridized carbons (Fsp3) is 0.846. The summed E-state index contributed by atoms with van der Waals surface area (Å²) in [4.78, 5) is 9.26. The second kappa shape index (κ2) is 5.19. The van der Waals surface area contributed by atoms with Gasteiger partial charge in [-0.3, -0.25) is 4.90 Å². The normalized spacial score (nSPS) is 33.9. The molecule has 1 aromatic rings. The van der Waals surface area contributed by atoms with Crippen molar-refractivity contribution in [1.29, 1.82) is 0 Å². The maximum Gasteiger partial charge on any atom is 0.244 e. The van der Waals surface area contributed by atoms with Gasteiger partial charge >= 0.3 is 0 Å². The van der Waals surface area contributed by atoms with E-state index >= 15 is 0 Å². The lowest BCUT2D eigenvalue weighted by atomic mass is 10.0. The van der Waals surface area contributed by atoms with Gasteiger partial charge < -0.3 is 14.7 Å². The van der Waals surface area contributed by atoms with Crippen LogP contribution in [0.15, 0.2) is 4.52 Å². The minimum atomic E-state index is 0.230. The van der Waals surface area contributed by atoms with Gasteiger partial charge in [-0.15, -0.1) is 0 Å². The van der Waals surface area contributed by atoms with E-state index < -0.39 is 0 Å². The molecule has 2 aliphatic rings. The molecule has 19 heavy (non-hydrogen) atoms. The number of rotatable bonds is 2. The van der Waals surface area contributed by atoms with Gasteiger partial charge in [0.05, 0.1) is 12.1 Å². The van der Waals surface area contributed by atoms with Crippen molar-refractivity contribution in [2.75, 3.05) is 40.3 Å². The summed E-state index contributed by atoms with van der Waals surface area (Å²) < 4.78 is 5.49. The molecule has 2 saturated heterocycles. The van der Waals surface area contributed by atoms with Gasteiger partial charge in [0.2, 0.25) is 5.89 Å². The summed E-state index contributed by atoms with van der Waals surface area (Å²) in [5, 5.41) is 7.65. The highest BCUT2D eigenvalue weighted by Gasteiger charge is 2.32. The fourth-order valence-electron chi connectivity index (χ4n) is 2.96. The number of hydrogen-bond donors (Lipinski definition) is 1. The number of piperazine rings is 1. The molecule has 6 nitrogen and oxygen atoms in total. The molecule has 6 heteroatoms. The smallest absolute Gasteiger partial charge is 0.244 e. The highest BCUT2D eigenvalue weighted by atomic mass is 16.5. The molecule has 0 aliphatic carbocycles. The molecule has 0 aromatic carbocycles. The van der Waals surface area contributed by atoms with Crippen molar-refractivity contribution >= 4 is 0 Å². The number of aromatic nitrogens is 2. The molecule has 3 unspecified atom stereocenters. The molecule has 0 radical (unpaired) electrons. The Kier molecular flexibility index (Phi) is 3.56. The Morgan fingerprint density at radius 2 is 2.16 bits per heavy atom. The van der Waals surface area contributed by atoms with Crippen molar-refractivity contribution < 1.29 is 4.52 Å². The van der Waals surface area contributed by atoms with Crippen molar-refractivity contribution in [3.63, 3.8) is 0 Å². The third-order valence-electron chi connectivity index (χ3n) is 4.41. The Labute approximate surface area is 114 Å². The standard InChI is InChI=1S/C13H23N5O/c1-9-4-5-14-11(9)13-15-12(16-19-13)10-8-17(2)6-7-18(10)3/h9-11,14H,4-8H2,1-3H3. The molecule has 3 atom stereocenters. The van der Waals surface area contributed by atoms with Crippen LogP contribution in [0.4, 0.5) is 0 Å². The zero-order valence-electron chi connectivity index (χ0n) is 12.0. The molecular weight excluding hydrogens is 242 g/mol. The number of nitrogens with zero attached hydrogens (tertiary/aromatic N) is 4. The van der Waals surface area contributed by atoms with Crippen molar-refractivity contribution in [3.8, 4) is 0 Å². The molecule has 106 valence electrons. The molecule has 0 amide bonds. The largest absolute Gasteiger partial charge is 0.338 e. The molecular formula is C13H23N5O. The van der Waals surface area contributed by atoms with Crippen molar-refractivity contribution in [2.24, 2.45) is 5.92 Å². The van der Waals surface area contributed by atoms with Crippen LogP contribution in [-0.4, -0.2) is 60.2 Å². The summed E-state index contributed by atoms with van der Waals surface area (Å²) in [5.74, 6) is 2.15. The molecule has 2 fully saturated rings. The van der Waals surface area contributed by atoms with E-state index in [2.05, 4.69) is 46.3 Å². The van der Waals surface area contributed by atoms with Crippen LogP contribution in [0.1, 0.15) is 37.1 Å². The molecule has 1 N–H and O–H groups in total. The Balaban J connectivity index is 1.76. The van der Waals surface area contributed by atoms with Crippen LogP contribution in [0.2, 0.25) is 0 Å². The zero-order valence-corrected chi connectivity index (χ0v) is 12.0. The van der Waals surface area contributed by atoms with Crippen molar-refractivity contribution in [3.05, 3.63) is 11.7 Å².